The Morgan fingerprint density at radius 3 is 2.71 bits per heavy atom. The molecule has 2 aromatic heterocycles. The number of carbonyl (C=O) groups is 1. The number of thioether (sulfide) groups is 1. The fourth-order valence-corrected chi connectivity index (χ4v) is 3.61. The Bertz CT molecular complexity index is 969. The fraction of sp³-hybridized carbons (Fsp3) is 0.286. The maximum absolute atomic E-state index is 12.9. The maximum atomic E-state index is 12.9. The Hall–Kier alpha value is -2.98. The van der Waals surface area contributed by atoms with Gasteiger partial charge in [0.25, 0.3) is 5.91 Å². The van der Waals surface area contributed by atoms with Gasteiger partial charge < -0.3 is 13.9 Å². The third kappa shape index (κ3) is 4.84. The summed E-state index contributed by atoms with van der Waals surface area (Å²) in [5.74, 6) is 1.57. The number of carbonyl (C=O) groups excluding carboxylic acids is 1. The molecule has 1 aromatic carbocycles. The Labute approximate surface area is 168 Å². The molecule has 0 aliphatic rings. The van der Waals surface area contributed by atoms with E-state index in [4.69, 9.17) is 9.68 Å². The molecule has 0 spiro atoms. The van der Waals surface area contributed by atoms with Crippen LogP contribution in [0.4, 0.5) is 0 Å². The van der Waals surface area contributed by atoms with E-state index < -0.39 is 0 Å². The summed E-state index contributed by atoms with van der Waals surface area (Å²) in [7, 11) is 1.94. The molecule has 0 saturated heterocycles. The van der Waals surface area contributed by atoms with Crippen molar-refractivity contribution in [3.05, 3.63) is 71.4 Å². The summed E-state index contributed by atoms with van der Waals surface area (Å²) >= 11 is 1.56. The quantitative estimate of drug-likeness (QED) is 0.535. The minimum absolute atomic E-state index is 0.126. The van der Waals surface area contributed by atoms with E-state index in [9.17, 15) is 4.79 Å². The second kappa shape index (κ2) is 9.29. The zero-order valence-corrected chi connectivity index (χ0v) is 16.8. The Kier molecular flexibility index (Phi) is 6.56. The normalized spacial score (nSPS) is 10.6. The molecule has 144 valence electrons. The molecule has 0 N–H and O–H groups in total. The zero-order valence-electron chi connectivity index (χ0n) is 16.0. The first-order chi connectivity index (χ1) is 13.6. The Balaban J connectivity index is 1.66. The molecule has 0 fully saturated rings. The average Bonchev–Trinajstić information content (AvgIpc) is 3.35. The standard InChI is InChI=1S/C21H22N4O2S/c1-3-11-25(14-17-6-4-16(13-22)5-7-17)20(26)19-9-8-18(27-19)15-28-21-23-10-12-24(21)2/h4-10,12H,3,11,14-15H2,1-2H3. The van der Waals surface area contributed by atoms with Crippen LogP contribution in [0, 0.1) is 11.3 Å². The van der Waals surface area contributed by atoms with Gasteiger partial charge in [-0.3, -0.25) is 4.79 Å². The summed E-state index contributed by atoms with van der Waals surface area (Å²) < 4.78 is 7.74. The number of imidazole rings is 1. The number of amides is 1. The second-order valence-electron chi connectivity index (χ2n) is 6.41. The average molecular weight is 395 g/mol. The predicted molar refractivity (Wildman–Crippen MR) is 108 cm³/mol. The van der Waals surface area contributed by atoms with E-state index in [1.54, 1.807) is 41.1 Å². The molecular weight excluding hydrogens is 372 g/mol. The summed E-state index contributed by atoms with van der Waals surface area (Å²) in [5.41, 5.74) is 1.59. The summed E-state index contributed by atoms with van der Waals surface area (Å²) in [4.78, 5) is 19.0. The van der Waals surface area contributed by atoms with Gasteiger partial charge in [-0.25, -0.2) is 4.98 Å². The van der Waals surface area contributed by atoms with E-state index in [1.165, 1.54) is 0 Å². The first-order valence-corrected chi connectivity index (χ1v) is 10.1. The molecule has 0 aliphatic carbocycles. The van der Waals surface area contributed by atoms with Crippen LogP contribution < -0.4 is 0 Å². The van der Waals surface area contributed by atoms with Gasteiger partial charge in [-0.1, -0.05) is 30.8 Å². The van der Waals surface area contributed by atoms with Crippen molar-refractivity contribution in [1.82, 2.24) is 14.5 Å². The van der Waals surface area contributed by atoms with Crippen LogP contribution in [-0.2, 0) is 19.3 Å². The lowest BCUT2D eigenvalue weighted by Gasteiger charge is -2.21. The molecular formula is C21H22N4O2S. The van der Waals surface area contributed by atoms with Crippen molar-refractivity contribution in [1.29, 1.82) is 5.26 Å². The second-order valence-corrected chi connectivity index (χ2v) is 7.35. The highest BCUT2D eigenvalue weighted by Gasteiger charge is 2.19. The van der Waals surface area contributed by atoms with E-state index in [0.29, 0.717) is 30.2 Å². The van der Waals surface area contributed by atoms with Gasteiger partial charge in [0.05, 0.1) is 17.4 Å². The first-order valence-electron chi connectivity index (χ1n) is 9.08. The smallest absolute Gasteiger partial charge is 0.289 e. The van der Waals surface area contributed by atoms with Gasteiger partial charge in [0.2, 0.25) is 0 Å². The van der Waals surface area contributed by atoms with Crippen LogP contribution in [0.3, 0.4) is 0 Å². The summed E-state index contributed by atoms with van der Waals surface area (Å²) in [6.07, 6.45) is 4.50. The molecule has 0 radical (unpaired) electrons. The van der Waals surface area contributed by atoms with Crippen LogP contribution in [-0.4, -0.2) is 26.9 Å². The van der Waals surface area contributed by atoms with E-state index in [2.05, 4.69) is 11.1 Å². The van der Waals surface area contributed by atoms with Crippen molar-refractivity contribution in [2.75, 3.05) is 6.54 Å². The fourth-order valence-electron chi connectivity index (χ4n) is 2.78. The SMILES string of the molecule is CCCN(Cc1ccc(C#N)cc1)C(=O)c1ccc(CSc2nccn2C)o1. The number of aromatic nitrogens is 2. The van der Waals surface area contributed by atoms with E-state index in [1.807, 2.05) is 42.9 Å². The molecule has 0 bridgehead atoms. The predicted octanol–water partition coefficient (Wildman–Crippen LogP) is 4.23. The number of hydrogen-bond acceptors (Lipinski definition) is 5. The van der Waals surface area contributed by atoms with E-state index >= 15 is 0 Å². The van der Waals surface area contributed by atoms with E-state index in [-0.39, 0.29) is 5.91 Å². The highest BCUT2D eigenvalue weighted by molar-refractivity contribution is 7.98. The Morgan fingerprint density at radius 2 is 2.07 bits per heavy atom. The van der Waals surface area contributed by atoms with Crippen LogP contribution in [0.15, 0.2) is 58.4 Å². The first kappa shape index (κ1) is 19.8. The van der Waals surface area contributed by atoms with Gasteiger partial charge in [-0.05, 0) is 36.2 Å². The number of aryl methyl sites for hydroxylation is 1. The number of nitrogens with zero attached hydrogens (tertiary/aromatic N) is 4. The molecule has 1 amide bonds. The van der Waals surface area contributed by atoms with Crippen molar-refractivity contribution in [3.8, 4) is 6.07 Å². The third-order valence-electron chi connectivity index (χ3n) is 4.23. The number of benzene rings is 1. The van der Waals surface area contributed by atoms with Crippen molar-refractivity contribution >= 4 is 17.7 Å². The van der Waals surface area contributed by atoms with Gasteiger partial charge in [-0.2, -0.15) is 5.26 Å². The summed E-state index contributed by atoms with van der Waals surface area (Å²) in [6, 6.07) is 13.0. The number of nitriles is 1. The lowest BCUT2D eigenvalue weighted by Crippen LogP contribution is -2.31. The maximum Gasteiger partial charge on any atom is 0.289 e. The lowest BCUT2D eigenvalue weighted by atomic mass is 10.1. The molecule has 2 heterocycles. The van der Waals surface area contributed by atoms with E-state index in [0.717, 1.165) is 22.9 Å². The molecule has 3 rings (SSSR count). The monoisotopic (exact) mass is 394 g/mol. The van der Waals surface area contributed by atoms with Gasteiger partial charge in [0.1, 0.15) is 5.76 Å². The minimum atomic E-state index is -0.126. The highest BCUT2D eigenvalue weighted by atomic mass is 32.2. The largest absolute Gasteiger partial charge is 0.455 e. The molecule has 0 aliphatic heterocycles. The lowest BCUT2D eigenvalue weighted by molar-refractivity contribution is 0.0709. The van der Waals surface area contributed by atoms with Gasteiger partial charge in [-0.15, -0.1) is 0 Å². The third-order valence-corrected chi connectivity index (χ3v) is 5.31. The summed E-state index contributed by atoms with van der Waals surface area (Å²) in [5, 5.41) is 9.82. The number of hydrogen-bond donors (Lipinski definition) is 0. The molecule has 0 atom stereocenters. The molecule has 0 saturated carbocycles. The minimum Gasteiger partial charge on any atom is -0.455 e. The molecule has 6 nitrogen and oxygen atoms in total. The Morgan fingerprint density at radius 1 is 1.29 bits per heavy atom. The van der Waals surface area contributed by atoms with Crippen LogP contribution in [0.1, 0.15) is 40.8 Å². The van der Waals surface area contributed by atoms with Gasteiger partial charge in [0.15, 0.2) is 10.9 Å². The van der Waals surface area contributed by atoms with Crippen molar-refractivity contribution in [2.24, 2.45) is 7.05 Å². The van der Waals surface area contributed by atoms with Gasteiger partial charge in [0, 0.05) is 32.5 Å². The van der Waals surface area contributed by atoms with Crippen molar-refractivity contribution < 1.29 is 9.21 Å². The highest BCUT2D eigenvalue weighted by Crippen LogP contribution is 2.23. The summed E-state index contributed by atoms with van der Waals surface area (Å²) in [6.45, 7) is 3.16. The van der Waals surface area contributed by atoms with Crippen LogP contribution in [0.25, 0.3) is 0 Å². The van der Waals surface area contributed by atoms with Gasteiger partial charge >= 0.3 is 0 Å². The molecule has 0 unspecified atom stereocenters. The number of rotatable bonds is 8. The molecule has 28 heavy (non-hydrogen) atoms. The van der Waals surface area contributed by atoms with Crippen molar-refractivity contribution in [3.63, 3.8) is 0 Å². The van der Waals surface area contributed by atoms with Crippen LogP contribution in [0.2, 0.25) is 0 Å². The van der Waals surface area contributed by atoms with Crippen molar-refractivity contribution in [2.45, 2.75) is 30.8 Å². The van der Waals surface area contributed by atoms with Crippen LogP contribution in [0.5, 0.6) is 0 Å². The number of furan rings is 1. The zero-order chi connectivity index (χ0) is 19.9. The molecule has 7 heteroatoms. The van der Waals surface area contributed by atoms with Crippen LogP contribution >= 0.6 is 11.8 Å². The molecule has 3 aromatic rings. The topological polar surface area (TPSA) is 75.1 Å².